The zero-order valence-electron chi connectivity index (χ0n) is 19.3. The first-order valence-corrected chi connectivity index (χ1v) is 11.3. The van der Waals surface area contributed by atoms with Gasteiger partial charge in [-0.05, 0) is 72.6 Å². The van der Waals surface area contributed by atoms with Gasteiger partial charge in [0.05, 0.1) is 0 Å². The summed E-state index contributed by atoms with van der Waals surface area (Å²) in [5, 5.41) is 13.0. The Hall–Kier alpha value is -3.08. The number of likely N-dealkylation sites (N-methyl/N-ethyl adjacent to an activating group) is 2. The lowest BCUT2D eigenvalue weighted by molar-refractivity contribution is 0.238. The molecule has 4 heteroatoms. The number of nitrogens with one attached hydrogen (secondary N) is 1. The molecule has 0 aliphatic carbocycles. The summed E-state index contributed by atoms with van der Waals surface area (Å²) in [7, 11) is 4.07. The number of benzene rings is 3. The summed E-state index contributed by atoms with van der Waals surface area (Å²) in [6.07, 6.45) is 0.900. The Morgan fingerprint density at radius 1 is 0.844 bits per heavy atom. The summed E-state index contributed by atoms with van der Waals surface area (Å²) in [6, 6.07) is 26.3. The van der Waals surface area contributed by atoms with E-state index in [0.717, 1.165) is 42.9 Å². The van der Waals surface area contributed by atoms with E-state index in [9.17, 15) is 5.11 Å². The Kier molecular flexibility index (Phi) is 8.90. The molecule has 0 amide bonds. The second-order valence-electron chi connectivity index (χ2n) is 7.90. The smallest absolute Gasteiger partial charge is 0.119 e. The molecule has 0 heterocycles. The minimum Gasteiger partial charge on any atom is -0.508 e. The summed E-state index contributed by atoms with van der Waals surface area (Å²) in [5.74, 6) is 1.15. The lowest BCUT2D eigenvalue weighted by Gasteiger charge is -2.18. The highest BCUT2D eigenvalue weighted by atomic mass is 16.5. The third kappa shape index (κ3) is 6.46. The second-order valence-corrected chi connectivity index (χ2v) is 7.90. The van der Waals surface area contributed by atoms with E-state index < -0.39 is 0 Å². The Balaban J connectivity index is 1.86. The van der Waals surface area contributed by atoms with Gasteiger partial charge >= 0.3 is 0 Å². The maximum Gasteiger partial charge on any atom is 0.119 e. The first-order chi connectivity index (χ1) is 15.6. The summed E-state index contributed by atoms with van der Waals surface area (Å²) >= 11 is 0. The van der Waals surface area contributed by atoms with E-state index in [2.05, 4.69) is 60.6 Å². The van der Waals surface area contributed by atoms with Crippen molar-refractivity contribution in [2.24, 2.45) is 0 Å². The molecule has 0 unspecified atom stereocenters. The fourth-order valence-electron chi connectivity index (χ4n) is 3.76. The number of ether oxygens (including phenoxy) is 1. The standard InChI is InChI=1S/C28H34N2O2/c1-4-27(22-8-6-5-7-9-22)28(23-10-14-25(31)15-11-23)24-12-16-26(17-13-24)32-21-20-30(3)19-18-29-2/h5-17,29,31H,4,18-21H2,1-3H3. The van der Waals surface area contributed by atoms with Crippen molar-refractivity contribution in [2.75, 3.05) is 40.3 Å². The lowest BCUT2D eigenvalue weighted by atomic mass is 9.88. The minimum absolute atomic E-state index is 0.272. The van der Waals surface area contributed by atoms with Crippen LogP contribution in [-0.2, 0) is 0 Å². The van der Waals surface area contributed by atoms with E-state index in [4.69, 9.17) is 4.74 Å². The number of allylic oxidation sites excluding steroid dienone is 1. The molecule has 0 atom stereocenters. The van der Waals surface area contributed by atoms with Gasteiger partial charge in [0.1, 0.15) is 18.1 Å². The summed E-state index contributed by atoms with van der Waals surface area (Å²) < 4.78 is 5.97. The molecule has 0 aliphatic rings. The molecule has 4 nitrogen and oxygen atoms in total. The largest absolute Gasteiger partial charge is 0.508 e. The van der Waals surface area contributed by atoms with Crippen molar-refractivity contribution in [2.45, 2.75) is 13.3 Å². The average Bonchev–Trinajstić information content (AvgIpc) is 2.83. The molecule has 0 fully saturated rings. The molecule has 0 aliphatic heterocycles. The van der Waals surface area contributed by atoms with Crippen molar-refractivity contribution >= 4 is 11.1 Å². The predicted molar refractivity (Wildman–Crippen MR) is 134 cm³/mol. The number of nitrogens with zero attached hydrogens (tertiary/aromatic N) is 1. The topological polar surface area (TPSA) is 44.7 Å². The van der Waals surface area contributed by atoms with E-state index >= 15 is 0 Å². The zero-order chi connectivity index (χ0) is 22.8. The SMILES string of the molecule is CCC(=C(c1ccc(O)cc1)c1ccc(OCCN(C)CCNC)cc1)c1ccccc1. The van der Waals surface area contributed by atoms with Crippen LogP contribution in [0.1, 0.15) is 30.0 Å². The average molecular weight is 431 g/mol. The predicted octanol–water partition coefficient (Wildman–Crippen LogP) is 5.29. The highest BCUT2D eigenvalue weighted by Crippen LogP contribution is 2.35. The molecule has 32 heavy (non-hydrogen) atoms. The van der Waals surface area contributed by atoms with Gasteiger partial charge in [0, 0.05) is 19.6 Å². The quantitative estimate of drug-likeness (QED) is 0.406. The molecule has 0 aromatic heterocycles. The molecule has 168 valence electrons. The Morgan fingerprint density at radius 3 is 2.06 bits per heavy atom. The number of phenolic OH excluding ortho intramolecular Hbond substituents is 1. The molecule has 3 aromatic rings. The van der Waals surface area contributed by atoms with Gasteiger partial charge in [-0.15, -0.1) is 0 Å². The Labute approximate surface area is 192 Å². The molecular formula is C28H34N2O2. The van der Waals surface area contributed by atoms with Gasteiger partial charge in [-0.25, -0.2) is 0 Å². The van der Waals surface area contributed by atoms with E-state index in [-0.39, 0.29) is 5.75 Å². The first kappa shape index (κ1) is 23.6. The normalized spacial score (nSPS) is 12.0. The maximum absolute atomic E-state index is 9.79. The number of aromatic hydroxyl groups is 1. The van der Waals surface area contributed by atoms with Crippen LogP contribution in [0, 0.1) is 0 Å². The highest BCUT2D eigenvalue weighted by Gasteiger charge is 2.13. The molecule has 0 bridgehead atoms. The van der Waals surface area contributed by atoms with E-state index in [1.54, 1.807) is 12.1 Å². The van der Waals surface area contributed by atoms with Gasteiger partial charge in [0.15, 0.2) is 0 Å². The van der Waals surface area contributed by atoms with Crippen LogP contribution in [0.4, 0.5) is 0 Å². The highest BCUT2D eigenvalue weighted by molar-refractivity contribution is 5.98. The van der Waals surface area contributed by atoms with Crippen LogP contribution in [0.15, 0.2) is 78.9 Å². The summed E-state index contributed by atoms with van der Waals surface area (Å²) in [6.45, 7) is 5.70. The number of hydrogen-bond donors (Lipinski definition) is 2. The lowest BCUT2D eigenvalue weighted by Crippen LogP contribution is -2.30. The third-order valence-corrected chi connectivity index (χ3v) is 5.56. The maximum atomic E-state index is 9.79. The van der Waals surface area contributed by atoms with Crippen LogP contribution in [-0.4, -0.2) is 50.3 Å². The monoisotopic (exact) mass is 430 g/mol. The molecule has 0 radical (unpaired) electrons. The van der Waals surface area contributed by atoms with E-state index in [1.165, 1.54) is 16.7 Å². The van der Waals surface area contributed by atoms with Gasteiger partial charge in [-0.3, -0.25) is 0 Å². The van der Waals surface area contributed by atoms with Crippen LogP contribution in [0.5, 0.6) is 11.5 Å². The molecule has 2 N–H and O–H groups in total. The van der Waals surface area contributed by atoms with Crippen LogP contribution in [0.3, 0.4) is 0 Å². The molecule has 0 saturated carbocycles. The van der Waals surface area contributed by atoms with Crippen molar-refractivity contribution in [1.29, 1.82) is 0 Å². The minimum atomic E-state index is 0.272. The Morgan fingerprint density at radius 2 is 1.47 bits per heavy atom. The molecule has 0 spiro atoms. The zero-order valence-corrected chi connectivity index (χ0v) is 19.3. The van der Waals surface area contributed by atoms with Gasteiger partial charge in [-0.2, -0.15) is 0 Å². The fourth-order valence-corrected chi connectivity index (χ4v) is 3.76. The van der Waals surface area contributed by atoms with Crippen LogP contribution >= 0.6 is 0 Å². The number of hydrogen-bond acceptors (Lipinski definition) is 4. The third-order valence-electron chi connectivity index (χ3n) is 5.56. The first-order valence-electron chi connectivity index (χ1n) is 11.3. The summed E-state index contributed by atoms with van der Waals surface area (Å²) in [4.78, 5) is 2.25. The van der Waals surface area contributed by atoms with E-state index in [1.807, 2.05) is 37.4 Å². The van der Waals surface area contributed by atoms with Gasteiger partial charge in [0.25, 0.3) is 0 Å². The van der Waals surface area contributed by atoms with Crippen LogP contribution < -0.4 is 10.1 Å². The molecule has 3 rings (SSSR count). The van der Waals surface area contributed by atoms with Gasteiger partial charge in [0.2, 0.25) is 0 Å². The van der Waals surface area contributed by atoms with Gasteiger partial charge in [-0.1, -0.05) is 61.5 Å². The van der Waals surface area contributed by atoms with E-state index in [0.29, 0.717) is 6.61 Å². The van der Waals surface area contributed by atoms with Crippen LogP contribution in [0.2, 0.25) is 0 Å². The molecule has 3 aromatic carbocycles. The van der Waals surface area contributed by atoms with Crippen LogP contribution in [0.25, 0.3) is 11.1 Å². The number of rotatable bonds is 11. The van der Waals surface area contributed by atoms with Crippen molar-refractivity contribution in [3.8, 4) is 11.5 Å². The van der Waals surface area contributed by atoms with Crippen molar-refractivity contribution in [3.05, 3.63) is 95.6 Å². The fraction of sp³-hybridized carbons (Fsp3) is 0.286. The molecular weight excluding hydrogens is 396 g/mol. The van der Waals surface area contributed by atoms with Crippen molar-refractivity contribution in [3.63, 3.8) is 0 Å². The Bertz CT molecular complexity index is 980. The molecule has 0 saturated heterocycles. The van der Waals surface area contributed by atoms with Crippen molar-refractivity contribution in [1.82, 2.24) is 10.2 Å². The summed E-state index contributed by atoms with van der Waals surface area (Å²) in [5.41, 5.74) is 5.88. The second kappa shape index (κ2) is 12.1. The van der Waals surface area contributed by atoms with Gasteiger partial charge < -0.3 is 20.1 Å². The number of phenols is 1. The van der Waals surface area contributed by atoms with Crippen molar-refractivity contribution < 1.29 is 9.84 Å².